The Morgan fingerprint density at radius 2 is 0.769 bits per heavy atom. The van der Waals surface area contributed by atoms with Crippen LogP contribution in [0.3, 0.4) is 0 Å². The number of rotatable bonds is 0. The molecule has 0 radical (unpaired) electrons. The molecule has 8 N–H and O–H groups in total. The molecule has 0 fully saturated rings. The minimum absolute atomic E-state index is 0. The van der Waals surface area contributed by atoms with E-state index in [-0.39, 0.29) is 45.7 Å². The van der Waals surface area contributed by atoms with E-state index < -0.39 is 11.9 Å². The molecule has 0 aromatic carbocycles. The van der Waals surface area contributed by atoms with Crippen LogP contribution < -0.4 is 10.2 Å². The molecule has 0 aliphatic heterocycles. The molecule has 0 heterocycles. The van der Waals surface area contributed by atoms with Crippen LogP contribution in [0.1, 0.15) is 13.8 Å². The largest absolute Gasteiger partial charge is 2.00 e. The summed E-state index contributed by atoms with van der Waals surface area (Å²) in [5.41, 5.74) is 0. The first kappa shape index (κ1) is 54.8. The molecule has 0 amide bonds. The summed E-state index contributed by atoms with van der Waals surface area (Å²) in [5, 5.41) is 17.8. The van der Waals surface area contributed by atoms with Gasteiger partial charge in [0.25, 0.3) is 0 Å². The van der Waals surface area contributed by atoms with E-state index in [0.29, 0.717) is 0 Å². The number of carbonyl (C=O) groups excluding carboxylic acids is 2. The average molecular weight is 377 g/mol. The molecule has 0 aromatic rings. The maximum Gasteiger partial charge on any atom is 2.00 e. The van der Waals surface area contributed by atoms with E-state index in [4.69, 9.17) is 19.8 Å². The number of carboxylic acid groups (broad SMARTS) is 2. The molecular formula is C4H14N4O4Pt-4. The van der Waals surface area contributed by atoms with E-state index in [2.05, 4.69) is 0 Å². The molecule has 0 aliphatic carbocycles. The molecule has 0 aromatic heterocycles. The van der Waals surface area contributed by atoms with Crippen molar-refractivity contribution in [1.29, 1.82) is 0 Å². The van der Waals surface area contributed by atoms with Crippen LogP contribution in [0.4, 0.5) is 0 Å². The molecule has 88 valence electrons. The number of hydrogen-bond donors (Lipinski definition) is 0. The van der Waals surface area contributed by atoms with Gasteiger partial charge >= 0.3 is 21.1 Å². The summed E-state index contributed by atoms with van der Waals surface area (Å²) in [4.78, 5) is 17.8. The van der Waals surface area contributed by atoms with Gasteiger partial charge in [-0.15, -0.1) is 0 Å². The first-order valence-corrected chi connectivity index (χ1v) is 1.82. The van der Waals surface area contributed by atoms with Crippen molar-refractivity contribution >= 4 is 11.9 Å². The van der Waals surface area contributed by atoms with Crippen molar-refractivity contribution in [2.24, 2.45) is 0 Å². The normalized spacial score (nSPS) is 3.85. The zero-order chi connectivity index (χ0) is 7.15. The van der Waals surface area contributed by atoms with Crippen LogP contribution in [0.2, 0.25) is 0 Å². The van der Waals surface area contributed by atoms with Crippen LogP contribution in [-0.4, -0.2) is 11.9 Å². The summed E-state index contributed by atoms with van der Waals surface area (Å²) in [7, 11) is 0. The molecule has 8 nitrogen and oxygen atoms in total. The van der Waals surface area contributed by atoms with E-state index in [0.717, 1.165) is 13.8 Å². The van der Waals surface area contributed by atoms with Crippen molar-refractivity contribution < 1.29 is 40.9 Å². The molecule has 0 atom stereocenters. The number of nitrogens with two attached hydrogens (primary N) is 4. The van der Waals surface area contributed by atoms with Gasteiger partial charge in [0.1, 0.15) is 0 Å². The molecule has 0 unspecified atom stereocenters. The van der Waals surface area contributed by atoms with Crippen LogP contribution in [0, 0.1) is 0 Å². The number of hydrogen-bond acceptors (Lipinski definition) is 4. The minimum atomic E-state index is -1.08. The van der Waals surface area contributed by atoms with Crippen LogP contribution in [-0.2, 0) is 30.7 Å². The van der Waals surface area contributed by atoms with Crippen LogP contribution >= 0.6 is 0 Å². The number of aliphatic carboxylic acids is 2. The van der Waals surface area contributed by atoms with Gasteiger partial charge in [0.2, 0.25) is 0 Å². The minimum Gasteiger partial charge on any atom is -0.693 e. The maximum atomic E-state index is 8.89. The van der Waals surface area contributed by atoms with E-state index in [1.165, 1.54) is 0 Å². The van der Waals surface area contributed by atoms with Gasteiger partial charge in [0, 0.05) is 11.9 Å². The number of carbonyl (C=O) groups is 2. The smallest absolute Gasteiger partial charge is 0.693 e. The van der Waals surface area contributed by atoms with Crippen molar-refractivity contribution in [1.82, 2.24) is 0 Å². The second-order valence-electron chi connectivity index (χ2n) is 0.983. The molecule has 9 heteroatoms. The summed E-state index contributed by atoms with van der Waals surface area (Å²) in [6.07, 6.45) is 0. The molecular weight excluding hydrogens is 363 g/mol. The van der Waals surface area contributed by atoms with Crippen LogP contribution in [0.25, 0.3) is 24.6 Å². The summed E-state index contributed by atoms with van der Waals surface area (Å²) < 4.78 is 0. The van der Waals surface area contributed by atoms with Crippen LogP contribution in [0.5, 0.6) is 0 Å². The molecule has 0 rings (SSSR count). The third-order valence-electron chi connectivity index (χ3n) is 0. The molecule has 0 bridgehead atoms. The molecule has 13 heavy (non-hydrogen) atoms. The van der Waals surface area contributed by atoms with Crippen molar-refractivity contribution in [3.8, 4) is 0 Å². The topological polar surface area (TPSA) is 214 Å². The second-order valence-corrected chi connectivity index (χ2v) is 0.983. The van der Waals surface area contributed by atoms with Crippen molar-refractivity contribution in [3.05, 3.63) is 24.6 Å². The predicted molar refractivity (Wildman–Crippen MR) is 42.5 cm³/mol. The Hall–Kier alpha value is -0.532. The third-order valence-corrected chi connectivity index (χ3v) is 0. The fourth-order valence-electron chi connectivity index (χ4n) is 0. The van der Waals surface area contributed by atoms with Gasteiger partial charge < -0.3 is 44.4 Å². The van der Waals surface area contributed by atoms with E-state index >= 15 is 0 Å². The molecule has 0 saturated carbocycles. The Bertz CT molecular complexity index is 82.1. The first-order chi connectivity index (χ1) is 3.46. The summed E-state index contributed by atoms with van der Waals surface area (Å²) in [6.45, 7) is 1.94. The Balaban J connectivity index is -0.00000000800. The third kappa shape index (κ3) is 3640. The average Bonchev–Trinajstić information content (AvgIpc) is 1.25. The van der Waals surface area contributed by atoms with E-state index in [1.807, 2.05) is 0 Å². The quantitative estimate of drug-likeness (QED) is 0.584. The fourth-order valence-corrected chi connectivity index (χ4v) is 0. The van der Waals surface area contributed by atoms with Gasteiger partial charge in [0.05, 0.1) is 0 Å². The monoisotopic (exact) mass is 377 g/mol. The first-order valence-electron chi connectivity index (χ1n) is 1.82. The van der Waals surface area contributed by atoms with Gasteiger partial charge in [-0.2, -0.15) is 0 Å². The zero-order valence-corrected chi connectivity index (χ0v) is 9.53. The van der Waals surface area contributed by atoms with Gasteiger partial charge in [-0.3, -0.25) is 0 Å². The van der Waals surface area contributed by atoms with Crippen molar-refractivity contribution in [2.75, 3.05) is 0 Å². The van der Waals surface area contributed by atoms with E-state index in [1.54, 1.807) is 0 Å². The Morgan fingerprint density at radius 1 is 0.769 bits per heavy atom. The SMILES string of the molecule is CC(=O)[O-].CC(=O)[O-].[NH2-].[NH2-].[NH2-].[NH2-].[Pt+2]. The van der Waals surface area contributed by atoms with Crippen LogP contribution in [0.15, 0.2) is 0 Å². The van der Waals surface area contributed by atoms with Gasteiger partial charge in [-0.1, -0.05) is 0 Å². The standard InChI is InChI=1S/2C2H4O2.4H2N.Pt/c2*1-2(3)4;;;;;/h2*1H3,(H,3,4);4*1H2;/q;;4*-1;+2/p-2. The predicted octanol–water partition coefficient (Wildman–Crippen LogP) is 0.378. The van der Waals surface area contributed by atoms with Crippen molar-refractivity contribution in [2.45, 2.75) is 13.8 Å². The molecule has 0 aliphatic rings. The number of carboxylic acids is 2. The zero-order valence-electron chi connectivity index (χ0n) is 7.26. The summed E-state index contributed by atoms with van der Waals surface area (Å²) in [6, 6.07) is 0. The molecule has 0 saturated heterocycles. The Labute approximate surface area is 91.7 Å². The van der Waals surface area contributed by atoms with Crippen molar-refractivity contribution in [3.63, 3.8) is 0 Å². The summed E-state index contributed by atoms with van der Waals surface area (Å²) in [5.74, 6) is -2.17. The van der Waals surface area contributed by atoms with Gasteiger partial charge in [-0.05, 0) is 13.8 Å². The second kappa shape index (κ2) is 42.0. The summed E-state index contributed by atoms with van der Waals surface area (Å²) >= 11 is 0. The fraction of sp³-hybridized carbons (Fsp3) is 0.500. The Kier molecular flexibility index (Phi) is 177. The maximum absolute atomic E-state index is 8.89. The van der Waals surface area contributed by atoms with Gasteiger partial charge in [-0.25, -0.2) is 0 Å². The van der Waals surface area contributed by atoms with Gasteiger partial charge in [0.15, 0.2) is 0 Å². The molecule has 0 spiro atoms. The van der Waals surface area contributed by atoms with E-state index in [9.17, 15) is 0 Å². The Morgan fingerprint density at radius 3 is 0.769 bits per heavy atom.